The van der Waals surface area contributed by atoms with Crippen LogP contribution < -0.4 is 10.6 Å². The van der Waals surface area contributed by atoms with Crippen molar-refractivity contribution in [1.29, 1.82) is 0 Å². The predicted octanol–water partition coefficient (Wildman–Crippen LogP) is 1.20. The summed E-state index contributed by atoms with van der Waals surface area (Å²) in [5, 5.41) is 4.81. The molecule has 1 saturated heterocycles. The summed E-state index contributed by atoms with van der Waals surface area (Å²) in [5.74, 6) is -3.55. The zero-order valence-electron chi connectivity index (χ0n) is 16.6. The van der Waals surface area contributed by atoms with E-state index in [0.717, 1.165) is 12.1 Å². The van der Waals surface area contributed by atoms with Crippen LogP contribution in [0.3, 0.4) is 0 Å². The lowest BCUT2D eigenvalue weighted by Gasteiger charge is -2.26. The van der Waals surface area contributed by atoms with E-state index in [0.29, 0.717) is 13.2 Å². The van der Waals surface area contributed by atoms with E-state index >= 15 is 0 Å². The van der Waals surface area contributed by atoms with Crippen LogP contribution in [0.4, 0.5) is 8.78 Å². The minimum absolute atomic E-state index is 0.0226. The van der Waals surface area contributed by atoms with Crippen LogP contribution in [0, 0.1) is 11.6 Å². The van der Waals surface area contributed by atoms with Gasteiger partial charge in [-0.1, -0.05) is 6.07 Å². The third-order valence-electron chi connectivity index (χ3n) is 4.79. The van der Waals surface area contributed by atoms with Gasteiger partial charge in [-0.15, -0.1) is 0 Å². The smallest absolute Gasteiger partial charge is 0.252 e. The lowest BCUT2D eigenvalue weighted by Crippen LogP contribution is -2.40. The highest BCUT2D eigenvalue weighted by atomic mass is 32.2. The summed E-state index contributed by atoms with van der Waals surface area (Å²) < 4.78 is 58.6. The highest BCUT2D eigenvalue weighted by Gasteiger charge is 2.27. The standard InChI is InChI=1S/C20H21F2N3O5S/c1-23-20(27)18(14-4-7-16(21)17(22)12-14)24-19(26)13-2-5-15(6-3-13)31(28,29)25-8-10-30-11-9-25/h2-7,12,18H,8-11H2,1H3,(H,23,27)(H,24,26). The molecule has 11 heteroatoms. The summed E-state index contributed by atoms with van der Waals surface area (Å²) in [7, 11) is -2.38. The van der Waals surface area contributed by atoms with E-state index in [9.17, 15) is 26.8 Å². The maximum Gasteiger partial charge on any atom is 0.252 e. The molecule has 1 aliphatic heterocycles. The number of carbonyl (C=O) groups is 2. The number of ether oxygens (including phenoxy) is 1. The molecule has 1 fully saturated rings. The Kier molecular flexibility index (Phi) is 6.98. The number of amides is 2. The summed E-state index contributed by atoms with van der Waals surface area (Å²) in [6.07, 6.45) is 0. The van der Waals surface area contributed by atoms with E-state index in [-0.39, 0.29) is 29.1 Å². The van der Waals surface area contributed by atoms with Gasteiger partial charge in [0.2, 0.25) is 15.9 Å². The monoisotopic (exact) mass is 453 g/mol. The first-order chi connectivity index (χ1) is 14.7. The van der Waals surface area contributed by atoms with Gasteiger partial charge in [-0.3, -0.25) is 9.59 Å². The van der Waals surface area contributed by atoms with Crippen LogP contribution in [0.25, 0.3) is 0 Å². The Morgan fingerprint density at radius 1 is 1.03 bits per heavy atom. The van der Waals surface area contributed by atoms with Crippen LogP contribution >= 0.6 is 0 Å². The molecule has 0 spiro atoms. The lowest BCUT2D eigenvalue weighted by molar-refractivity contribution is -0.122. The molecule has 1 aliphatic rings. The molecule has 166 valence electrons. The van der Waals surface area contributed by atoms with Gasteiger partial charge in [0.05, 0.1) is 18.1 Å². The van der Waals surface area contributed by atoms with E-state index < -0.39 is 39.5 Å². The number of sulfonamides is 1. The second kappa shape index (κ2) is 9.50. The van der Waals surface area contributed by atoms with E-state index in [1.165, 1.54) is 41.7 Å². The van der Waals surface area contributed by atoms with Gasteiger partial charge in [-0.05, 0) is 42.0 Å². The fourth-order valence-electron chi connectivity index (χ4n) is 3.07. The molecule has 1 unspecified atom stereocenters. The SMILES string of the molecule is CNC(=O)C(NC(=O)c1ccc(S(=O)(=O)N2CCOCC2)cc1)c1ccc(F)c(F)c1. The Balaban J connectivity index is 1.79. The average Bonchev–Trinajstić information content (AvgIpc) is 2.79. The molecule has 0 radical (unpaired) electrons. The van der Waals surface area contributed by atoms with Crippen molar-refractivity contribution < 1.29 is 31.5 Å². The van der Waals surface area contributed by atoms with Crippen LogP contribution in [0.5, 0.6) is 0 Å². The van der Waals surface area contributed by atoms with E-state index in [2.05, 4.69) is 10.6 Å². The zero-order valence-corrected chi connectivity index (χ0v) is 17.4. The molecule has 0 saturated carbocycles. The fraction of sp³-hybridized carbons (Fsp3) is 0.300. The number of nitrogens with zero attached hydrogens (tertiary/aromatic N) is 1. The number of benzene rings is 2. The Hall–Kier alpha value is -2.89. The predicted molar refractivity (Wildman–Crippen MR) is 107 cm³/mol. The van der Waals surface area contributed by atoms with E-state index in [1.807, 2.05) is 0 Å². The third-order valence-corrected chi connectivity index (χ3v) is 6.70. The molecule has 2 aromatic rings. The molecule has 0 bridgehead atoms. The molecule has 2 aromatic carbocycles. The minimum atomic E-state index is -3.72. The number of carbonyl (C=O) groups excluding carboxylic acids is 2. The van der Waals surface area contributed by atoms with Crippen molar-refractivity contribution in [1.82, 2.24) is 14.9 Å². The van der Waals surface area contributed by atoms with E-state index in [4.69, 9.17) is 4.74 Å². The Morgan fingerprint density at radius 2 is 1.68 bits per heavy atom. The van der Waals surface area contributed by atoms with E-state index in [1.54, 1.807) is 0 Å². The molecule has 0 aliphatic carbocycles. The van der Waals surface area contributed by atoms with Gasteiger partial charge in [-0.25, -0.2) is 17.2 Å². The Bertz CT molecular complexity index is 1070. The second-order valence-corrected chi connectivity index (χ2v) is 8.67. The van der Waals surface area contributed by atoms with Crippen molar-refractivity contribution in [3.05, 3.63) is 65.2 Å². The summed E-state index contributed by atoms with van der Waals surface area (Å²) in [6, 6.07) is 6.83. The average molecular weight is 453 g/mol. The number of hydrogen-bond acceptors (Lipinski definition) is 5. The largest absolute Gasteiger partial charge is 0.379 e. The molecule has 1 atom stereocenters. The Morgan fingerprint density at radius 3 is 2.26 bits per heavy atom. The van der Waals surface area contributed by atoms with Crippen LogP contribution in [-0.2, 0) is 19.6 Å². The first-order valence-electron chi connectivity index (χ1n) is 9.39. The van der Waals surface area contributed by atoms with Crippen LogP contribution in [0.2, 0.25) is 0 Å². The van der Waals surface area contributed by atoms with Crippen molar-refractivity contribution in [2.75, 3.05) is 33.4 Å². The normalized spacial score (nSPS) is 15.8. The molecule has 2 amide bonds. The molecule has 3 rings (SSSR count). The quantitative estimate of drug-likeness (QED) is 0.684. The highest BCUT2D eigenvalue weighted by Crippen LogP contribution is 2.20. The number of morpholine rings is 1. The summed E-state index contributed by atoms with van der Waals surface area (Å²) in [5.41, 5.74) is 0.149. The van der Waals surface area contributed by atoms with Gasteiger partial charge in [0.1, 0.15) is 6.04 Å². The first kappa shape index (κ1) is 22.8. The number of halogens is 2. The van der Waals surface area contributed by atoms with Gasteiger partial charge < -0.3 is 15.4 Å². The maximum absolute atomic E-state index is 13.6. The molecule has 31 heavy (non-hydrogen) atoms. The van der Waals surface area contributed by atoms with Crippen LogP contribution in [0.15, 0.2) is 47.4 Å². The van der Waals surface area contributed by atoms with Crippen molar-refractivity contribution in [2.24, 2.45) is 0 Å². The molecule has 2 N–H and O–H groups in total. The summed E-state index contributed by atoms with van der Waals surface area (Å²) in [6.45, 7) is 1.11. The lowest BCUT2D eigenvalue weighted by atomic mass is 10.0. The Labute approximate surface area is 178 Å². The van der Waals surface area contributed by atoms with Crippen LogP contribution in [0.1, 0.15) is 22.0 Å². The molecular weight excluding hydrogens is 432 g/mol. The van der Waals surface area contributed by atoms with Crippen molar-refractivity contribution in [2.45, 2.75) is 10.9 Å². The molecule has 8 nitrogen and oxygen atoms in total. The number of nitrogens with one attached hydrogen (secondary N) is 2. The van der Waals surface area contributed by atoms with Gasteiger partial charge in [0.15, 0.2) is 11.6 Å². The number of hydrogen-bond donors (Lipinski definition) is 2. The second-order valence-electron chi connectivity index (χ2n) is 6.74. The molecule has 1 heterocycles. The number of likely N-dealkylation sites (N-methyl/N-ethyl adjacent to an activating group) is 1. The van der Waals surface area contributed by atoms with Gasteiger partial charge >= 0.3 is 0 Å². The maximum atomic E-state index is 13.6. The minimum Gasteiger partial charge on any atom is -0.379 e. The zero-order chi connectivity index (χ0) is 22.6. The van der Waals surface area contributed by atoms with Gasteiger partial charge in [0, 0.05) is 25.7 Å². The highest BCUT2D eigenvalue weighted by molar-refractivity contribution is 7.89. The topological polar surface area (TPSA) is 105 Å². The summed E-state index contributed by atoms with van der Waals surface area (Å²) >= 11 is 0. The van der Waals surface area contributed by atoms with Crippen molar-refractivity contribution in [3.63, 3.8) is 0 Å². The molecule has 0 aromatic heterocycles. The van der Waals surface area contributed by atoms with Gasteiger partial charge in [-0.2, -0.15) is 4.31 Å². The molecular formula is C20H21F2N3O5S. The summed E-state index contributed by atoms with van der Waals surface area (Å²) in [4.78, 5) is 24.8. The van der Waals surface area contributed by atoms with Crippen molar-refractivity contribution >= 4 is 21.8 Å². The third kappa shape index (κ3) is 5.06. The first-order valence-corrected chi connectivity index (χ1v) is 10.8. The number of rotatable bonds is 6. The van der Waals surface area contributed by atoms with Gasteiger partial charge in [0.25, 0.3) is 5.91 Å². The van der Waals surface area contributed by atoms with Crippen molar-refractivity contribution in [3.8, 4) is 0 Å². The fourth-order valence-corrected chi connectivity index (χ4v) is 4.47. The van der Waals surface area contributed by atoms with Crippen LogP contribution in [-0.4, -0.2) is 57.9 Å².